The molecule has 4 nitrogen and oxygen atoms in total. The third-order valence-electron chi connectivity index (χ3n) is 3.56. The molecule has 0 radical (unpaired) electrons. The second kappa shape index (κ2) is 7.49. The Hall–Kier alpha value is -2.75. The van der Waals surface area contributed by atoms with Crippen LogP contribution >= 0.6 is 0 Å². The van der Waals surface area contributed by atoms with E-state index in [1.165, 1.54) is 5.56 Å². The average Bonchev–Trinajstić information content (AvgIpc) is 2.54. The molecule has 2 aromatic rings. The van der Waals surface area contributed by atoms with E-state index in [9.17, 15) is 4.79 Å². The van der Waals surface area contributed by atoms with Gasteiger partial charge in [-0.2, -0.15) is 0 Å². The van der Waals surface area contributed by atoms with Gasteiger partial charge in [0.1, 0.15) is 12.4 Å². The zero-order chi connectivity index (χ0) is 16.8. The SMILES string of the molecule is C=Cc1ccc(COc2ccc(C)cc2C)c(NC(=O)NC)c1. The third kappa shape index (κ3) is 4.36. The Morgan fingerprint density at radius 2 is 2.00 bits per heavy atom. The number of anilines is 1. The van der Waals surface area contributed by atoms with Crippen molar-refractivity contribution in [3.63, 3.8) is 0 Å². The molecule has 120 valence electrons. The molecule has 0 unspecified atom stereocenters. The highest BCUT2D eigenvalue weighted by Crippen LogP contribution is 2.23. The van der Waals surface area contributed by atoms with E-state index in [1.807, 2.05) is 37.3 Å². The molecule has 2 N–H and O–H groups in total. The van der Waals surface area contributed by atoms with Crippen molar-refractivity contribution >= 4 is 17.8 Å². The molecular formula is C19H22N2O2. The highest BCUT2D eigenvalue weighted by Gasteiger charge is 2.08. The summed E-state index contributed by atoms with van der Waals surface area (Å²) >= 11 is 0. The number of hydrogen-bond donors (Lipinski definition) is 2. The second-order valence-electron chi connectivity index (χ2n) is 5.38. The van der Waals surface area contributed by atoms with Gasteiger partial charge in [-0.15, -0.1) is 0 Å². The minimum absolute atomic E-state index is 0.265. The molecule has 0 spiro atoms. The van der Waals surface area contributed by atoms with Crippen LogP contribution in [0.15, 0.2) is 43.0 Å². The van der Waals surface area contributed by atoms with E-state index in [-0.39, 0.29) is 6.03 Å². The fraction of sp³-hybridized carbons (Fsp3) is 0.211. The minimum atomic E-state index is -0.265. The third-order valence-corrected chi connectivity index (χ3v) is 3.56. The second-order valence-corrected chi connectivity index (χ2v) is 5.38. The predicted octanol–water partition coefficient (Wildman–Crippen LogP) is 4.28. The number of benzene rings is 2. The molecule has 0 saturated carbocycles. The summed E-state index contributed by atoms with van der Waals surface area (Å²) in [7, 11) is 1.58. The van der Waals surface area contributed by atoms with Crippen LogP contribution in [0.2, 0.25) is 0 Å². The quantitative estimate of drug-likeness (QED) is 0.866. The van der Waals surface area contributed by atoms with E-state index in [1.54, 1.807) is 13.1 Å². The fourth-order valence-corrected chi connectivity index (χ4v) is 2.26. The smallest absolute Gasteiger partial charge is 0.318 e. The number of carbonyl (C=O) groups excluding carboxylic acids is 1. The molecule has 2 amide bonds. The lowest BCUT2D eigenvalue weighted by molar-refractivity contribution is 0.254. The number of nitrogens with one attached hydrogen (secondary N) is 2. The van der Waals surface area contributed by atoms with Gasteiger partial charge >= 0.3 is 6.03 Å². The van der Waals surface area contributed by atoms with Gasteiger partial charge in [0.2, 0.25) is 0 Å². The first-order valence-electron chi connectivity index (χ1n) is 7.47. The normalized spacial score (nSPS) is 10.0. The lowest BCUT2D eigenvalue weighted by Crippen LogP contribution is -2.25. The zero-order valence-electron chi connectivity index (χ0n) is 13.8. The highest BCUT2D eigenvalue weighted by molar-refractivity contribution is 5.90. The van der Waals surface area contributed by atoms with Crippen LogP contribution in [-0.2, 0) is 6.61 Å². The van der Waals surface area contributed by atoms with Gasteiger partial charge < -0.3 is 15.4 Å². The predicted molar refractivity (Wildman–Crippen MR) is 94.9 cm³/mol. The summed E-state index contributed by atoms with van der Waals surface area (Å²) in [6.45, 7) is 8.20. The summed E-state index contributed by atoms with van der Waals surface area (Å²) < 4.78 is 5.91. The minimum Gasteiger partial charge on any atom is -0.489 e. The van der Waals surface area contributed by atoms with Crippen molar-refractivity contribution in [1.82, 2.24) is 5.32 Å². The summed E-state index contributed by atoms with van der Waals surface area (Å²) in [6.07, 6.45) is 1.74. The molecule has 0 bridgehead atoms. The summed E-state index contributed by atoms with van der Waals surface area (Å²) in [5.74, 6) is 0.842. The first-order valence-corrected chi connectivity index (χ1v) is 7.47. The Labute approximate surface area is 137 Å². The van der Waals surface area contributed by atoms with E-state index in [2.05, 4.69) is 30.2 Å². The largest absolute Gasteiger partial charge is 0.489 e. The van der Waals surface area contributed by atoms with E-state index in [0.717, 1.165) is 22.4 Å². The summed E-state index contributed by atoms with van der Waals surface area (Å²) in [4.78, 5) is 11.6. The molecule has 0 aliphatic rings. The van der Waals surface area contributed by atoms with Crippen LogP contribution in [0.1, 0.15) is 22.3 Å². The Morgan fingerprint density at radius 3 is 2.65 bits per heavy atom. The Morgan fingerprint density at radius 1 is 1.22 bits per heavy atom. The van der Waals surface area contributed by atoms with Crippen molar-refractivity contribution in [1.29, 1.82) is 0 Å². The van der Waals surface area contributed by atoms with E-state index in [4.69, 9.17) is 4.74 Å². The molecule has 0 saturated heterocycles. The molecule has 2 aromatic carbocycles. The Kier molecular flexibility index (Phi) is 5.41. The van der Waals surface area contributed by atoms with Crippen LogP contribution in [0.3, 0.4) is 0 Å². The first-order chi connectivity index (χ1) is 11.0. The van der Waals surface area contributed by atoms with Gasteiger partial charge in [0.05, 0.1) is 0 Å². The molecule has 0 fully saturated rings. The summed E-state index contributed by atoms with van der Waals surface area (Å²) in [6, 6.07) is 11.6. The maximum Gasteiger partial charge on any atom is 0.318 e. The fourth-order valence-electron chi connectivity index (χ4n) is 2.26. The van der Waals surface area contributed by atoms with Gasteiger partial charge in [-0.05, 0) is 37.1 Å². The van der Waals surface area contributed by atoms with Crippen LogP contribution in [0.4, 0.5) is 10.5 Å². The number of amides is 2. The van der Waals surface area contributed by atoms with Crippen LogP contribution in [0, 0.1) is 13.8 Å². The molecule has 0 atom stereocenters. The molecule has 4 heteroatoms. The van der Waals surface area contributed by atoms with E-state index >= 15 is 0 Å². The van der Waals surface area contributed by atoms with Crippen molar-refractivity contribution < 1.29 is 9.53 Å². The maximum atomic E-state index is 11.6. The van der Waals surface area contributed by atoms with Gasteiger partial charge in [0, 0.05) is 18.3 Å². The maximum absolute atomic E-state index is 11.6. The van der Waals surface area contributed by atoms with Crippen LogP contribution in [-0.4, -0.2) is 13.1 Å². The number of aryl methyl sites for hydroxylation is 2. The molecule has 0 aromatic heterocycles. The number of rotatable bonds is 5. The van der Waals surface area contributed by atoms with Gasteiger partial charge in [0.25, 0.3) is 0 Å². The number of ether oxygens (including phenoxy) is 1. The number of hydrogen-bond acceptors (Lipinski definition) is 2. The van der Waals surface area contributed by atoms with E-state index < -0.39 is 0 Å². The standard InChI is InChI=1S/C19H22N2O2/c1-5-15-7-8-16(17(11-15)21-19(22)20-4)12-23-18-9-6-13(2)10-14(18)3/h5-11H,1,12H2,2-4H3,(H2,20,21,22). The molecule has 0 aliphatic heterocycles. The van der Waals surface area contributed by atoms with Crippen LogP contribution in [0.25, 0.3) is 6.08 Å². The lowest BCUT2D eigenvalue weighted by atomic mass is 10.1. The Balaban J connectivity index is 2.20. The van der Waals surface area contributed by atoms with Crippen molar-refractivity contribution in [2.75, 3.05) is 12.4 Å². The zero-order valence-corrected chi connectivity index (χ0v) is 13.8. The molecule has 0 aliphatic carbocycles. The van der Waals surface area contributed by atoms with Crippen molar-refractivity contribution in [3.05, 3.63) is 65.2 Å². The van der Waals surface area contributed by atoms with E-state index in [0.29, 0.717) is 12.3 Å². The van der Waals surface area contributed by atoms with Gasteiger partial charge in [-0.1, -0.05) is 42.5 Å². The molecule has 0 heterocycles. The highest BCUT2D eigenvalue weighted by atomic mass is 16.5. The number of urea groups is 1. The Bertz CT molecular complexity index is 723. The summed E-state index contributed by atoms with van der Waals surface area (Å²) in [5.41, 5.74) is 4.85. The van der Waals surface area contributed by atoms with Crippen molar-refractivity contribution in [2.24, 2.45) is 0 Å². The van der Waals surface area contributed by atoms with Crippen molar-refractivity contribution in [2.45, 2.75) is 20.5 Å². The molecular weight excluding hydrogens is 288 g/mol. The van der Waals surface area contributed by atoms with Gasteiger partial charge in [-0.25, -0.2) is 4.79 Å². The molecule has 2 rings (SSSR count). The van der Waals surface area contributed by atoms with Gasteiger partial charge in [-0.3, -0.25) is 0 Å². The molecule has 23 heavy (non-hydrogen) atoms. The van der Waals surface area contributed by atoms with Crippen molar-refractivity contribution in [3.8, 4) is 5.75 Å². The lowest BCUT2D eigenvalue weighted by Gasteiger charge is -2.14. The topological polar surface area (TPSA) is 50.4 Å². The van der Waals surface area contributed by atoms with Crippen LogP contribution in [0.5, 0.6) is 5.75 Å². The average molecular weight is 310 g/mol. The summed E-state index contributed by atoms with van der Waals surface area (Å²) in [5, 5.41) is 5.37. The number of carbonyl (C=O) groups is 1. The monoisotopic (exact) mass is 310 g/mol. The van der Waals surface area contributed by atoms with Gasteiger partial charge in [0.15, 0.2) is 0 Å². The first kappa shape index (κ1) is 16.6. The van der Waals surface area contributed by atoms with Crippen LogP contribution < -0.4 is 15.4 Å².